The Morgan fingerprint density at radius 2 is 0.776 bits per heavy atom. The van der Waals surface area contributed by atoms with Crippen LogP contribution in [0.25, 0.3) is 100 Å². The Hall–Kier alpha value is -8.72. The van der Waals surface area contributed by atoms with Crippen molar-refractivity contribution in [1.29, 1.82) is 10.5 Å². The van der Waals surface area contributed by atoms with E-state index in [-0.39, 0.29) is 21.7 Å². The molecule has 0 radical (unpaired) electrons. The number of aromatic nitrogens is 6. The summed E-state index contributed by atoms with van der Waals surface area (Å²) in [5.74, 6) is 1.76. The summed E-state index contributed by atoms with van der Waals surface area (Å²) < 4.78 is 4.57. The van der Waals surface area contributed by atoms with Crippen LogP contribution in [0.4, 0.5) is 0 Å². The zero-order chi connectivity index (χ0) is 53.6. The van der Waals surface area contributed by atoms with Crippen molar-refractivity contribution in [3.63, 3.8) is 0 Å². The van der Waals surface area contributed by atoms with Crippen molar-refractivity contribution in [1.82, 2.24) is 29.1 Å². The average Bonchev–Trinajstić information content (AvgIpc) is 3.95. The summed E-state index contributed by atoms with van der Waals surface area (Å²) in [4.78, 5) is 21.3. The Morgan fingerprint density at radius 1 is 0.368 bits per heavy atom. The highest BCUT2D eigenvalue weighted by Gasteiger charge is 2.27. The number of benzene rings is 7. The Kier molecular flexibility index (Phi) is 11.7. The first-order valence-corrected chi connectivity index (χ1v) is 26.1. The van der Waals surface area contributed by atoms with Crippen molar-refractivity contribution >= 4 is 43.6 Å². The van der Waals surface area contributed by atoms with Gasteiger partial charge in [-0.1, -0.05) is 132 Å². The number of nitrogens with zero attached hydrogens (tertiary/aromatic N) is 8. The van der Waals surface area contributed by atoms with Crippen LogP contribution in [0.3, 0.4) is 0 Å². The molecule has 0 spiro atoms. The minimum absolute atomic E-state index is 0.135. The van der Waals surface area contributed by atoms with Crippen LogP contribution in [0.15, 0.2) is 158 Å². The summed E-state index contributed by atoms with van der Waals surface area (Å²) in [5.41, 5.74) is 15.6. The molecule has 4 aromatic heterocycles. The van der Waals surface area contributed by atoms with Crippen LogP contribution >= 0.6 is 0 Å². The van der Waals surface area contributed by atoms with Crippen LogP contribution < -0.4 is 0 Å². The van der Waals surface area contributed by atoms with Gasteiger partial charge in [0.05, 0.1) is 62.9 Å². The zero-order valence-corrected chi connectivity index (χ0v) is 45.6. The second-order valence-corrected chi connectivity index (χ2v) is 24.4. The number of hydrogen-bond acceptors (Lipinski definition) is 6. The van der Waals surface area contributed by atoms with Crippen LogP contribution in [-0.4, -0.2) is 29.1 Å². The third-order valence-electron chi connectivity index (χ3n) is 14.9. The molecule has 0 saturated carbocycles. The fourth-order valence-electron chi connectivity index (χ4n) is 10.5. The number of rotatable bonds is 6. The molecule has 0 aliphatic carbocycles. The molecule has 0 aliphatic heterocycles. The van der Waals surface area contributed by atoms with Crippen LogP contribution in [0.5, 0.6) is 0 Å². The summed E-state index contributed by atoms with van der Waals surface area (Å²) in [6.07, 6.45) is 3.76. The molecule has 11 rings (SSSR count). The Bertz CT molecular complexity index is 3960. The van der Waals surface area contributed by atoms with Gasteiger partial charge in [0.2, 0.25) is 0 Å². The number of pyridine rings is 1. The summed E-state index contributed by atoms with van der Waals surface area (Å²) in [6, 6.07) is 55.7. The molecule has 0 atom stereocenters. The lowest BCUT2D eigenvalue weighted by Gasteiger charge is -2.26. The standard InChI is InChI=1S/C68H62N8/c1-65(2,3)46-31-44(32-47(36-46)66(4,5)6)63-72-62(73-64(74-63)45-33-48(67(7,8)9)37-49(34-45)68(10,11)12)43-23-26-60(75-56-19-15-13-17-50(56)51-18-14-16-20-57(51)75)55(35-43)52-27-28-71-40-61(52)76-58-24-21-41(38-69)29-53(58)54-30-42(39-70)22-25-59(54)76/h13-37,40H,1-12H3. The highest BCUT2D eigenvalue weighted by Crippen LogP contribution is 2.43. The van der Waals surface area contributed by atoms with Crippen LogP contribution in [0.2, 0.25) is 0 Å². The lowest BCUT2D eigenvalue weighted by atomic mass is 9.79. The maximum Gasteiger partial charge on any atom is 0.164 e. The van der Waals surface area contributed by atoms with Gasteiger partial charge in [0.25, 0.3) is 0 Å². The van der Waals surface area contributed by atoms with Crippen molar-refractivity contribution < 1.29 is 0 Å². The lowest BCUT2D eigenvalue weighted by molar-refractivity contribution is 0.568. The minimum atomic E-state index is -0.135. The number of para-hydroxylation sites is 2. The van der Waals surface area contributed by atoms with Gasteiger partial charge in [0, 0.05) is 55.6 Å². The monoisotopic (exact) mass is 991 g/mol. The fourth-order valence-corrected chi connectivity index (χ4v) is 10.5. The molecule has 0 N–H and O–H groups in total. The number of nitriles is 2. The van der Waals surface area contributed by atoms with Gasteiger partial charge in [-0.05, 0) is 141 Å². The molecular weight excluding hydrogens is 929 g/mol. The predicted molar refractivity (Wildman–Crippen MR) is 312 cm³/mol. The number of hydrogen-bond donors (Lipinski definition) is 0. The van der Waals surface area contributed by atoms with Crippen LogP contribution in [0.1, 0.15) is 116 Å². The van der Waals surface area contributed by atoms with Gasteiger partial charge in [0.15, 0.2) is 17.5 Å². The molecule has 0 fully saturated rings. The van der Waals surface area contributed by atoms with Gasteiger partial charge >= 0.3 is 0 Å². The highest BCUT2D eigenvalue weighted by atomic mass is 15.0. The van der Waals surface area contributed by atoms with E-state index >= 15 is 0 Å². The Labute approximate surface area is 446 Å². The van der Waals surface area contributed by atoms with Crippen molar-refractivity contribution in [3.8, 4) is 68.8 Å². The third kappa shape index (κ3) is 8.78. The number of fused-ring (bicyclic) bond motifs is 6. The SMILES string of the molecule is CC(C)(C)c1cc(-c2nc(-c3cc(C(C)(C)C)cc(C(C)(C)C)c3)nc(-c3ccc(-n4c5ccccc5c5ccccc54)c(-c4ccncc4-n4c5ccc(C#N)cc5c5cc(C#N)ccc54)c3)n2)cc(C(C)(C)C)c1. The van der Waals surface area contributed by atoms with Gasteiger partial charge in [-0.15, -0.1) is 0 Å². The smallest absolute Gasteiger partial charge is 0.164 e. The van der Waals surface area contributed by atoms with Gasteiger partial charge < -0.3 is 9.13 Å². The quantitative estimate of drug-likeness (QED) is 0.164. The first-order chi connectivity index (χ1) is 36.1. The summed E-state index contributed by atoms with van der Waals surface area (Å²) >= 11 is 0. The summed E-state index contributed by atoms with van der Waals surface area (Å²) in [6.45, 7) is 27.1. The maximum atomic E-state index is 10.1. The average molecular weight is 991 g/mol. The summed E-state index contributed by atoms with van der Waals surface area (Å²) in [7, 11) is 0. The molecule has 374 valence electrons. The minimum Gasteiger partial charge on any atom is -0.309 e. The summed E-state index contributed by atoms with van der Waals surface area (Å²) in [5, 5.41) is 24.2. The van der Waals surface area contributed by atoms with E-state index in [1.807, 2.05) is 48.8 Å². The van der Waals surface area contributed by atoms with Crippen molar-refractivity contribution in [2.45, 2.75) is 105 Å². The van der Waals surface area contributed by atoms with E-state index in [2.05, 4.69) is 214 Å². The first kappa shape index (κ1) is 49.5. The fraction of sp³-hybridized carbons (Fsp3) is 0.235. The van der Waals surface area contributed by atoms with E-state index in [9.17, 15) is 10.5 Å². The largest absolute Gasteiger partial charge is 0.309 e. The molecule has 11 aromatic rings. The second-order valence-electron chi connectivity index (χ2n) is 24.4. The van der Waals surface area contributed by atoms with Crippen LogP contribution in [0, 0.1) is 22.7 Å². The molecule has 0 aliphatic rings. The molecule has 8 heteroatoms. The lowest BCUT2D eigenvalue weighted by Crippen LogP contribution is -2.17. The van der Waals surface area contributed by atoms with Crippen molar-refractivity contribution in [3.05, 3.63) is 191 Å². The maximum absolute atomic E-state index is 10.1. The molecule has 0 amide bonds. The van der Waals surface area contributed by atoms with E-state index < -0.39 is 0 Å². The van der Waals surface area contributed by atoms with E-state index in [4.69, 9.17) is 19.9 Å². The zero-order valence-electron chi connectivity index (χ0n) is 45.6. The second kappa shape index (κ2) is 18.0. The van der Waals surface area contributed by atoms with Gasteiger partial charge in [-0.3, -0.25) is 4.98 Å². The van der Waals surface area contributed by atoms with E-state index in [1.54, 1.807) is 0 Å². The molecule has 4 heterocycles. The van der Waals surface area contributed by atoms with Crippen LogP contribution in [-0.2, 0) is 21.7 Å². The molecule has 0 saturated heterocycles. The Morgan fingerprint density at radius 3 is 1.21 bits per heavy atom. The predicted octanol–water partition coefficient (Wildman–Crippen LogP) is 17.1. The van der Waals surface area contributed by atoms with Gasteiger partial charge in [-0.25, -0.2) is 15.0 Å². The van der Waals surface area contributed by atoms with Gasteiger partial charge in [-0.2, -0.15) is 10.5 Å². The third-order valence-corrected chi connectivity index (χ3v) is 14.9. The molecular formula is C68H62N8. The van der Waals surface area contributed by atoms with Crippen molar-refractivity contribution in [2.24, 2.45) is 0 Å². The van der Waals surface area contributed by atoms with E-state index in [0.29, 0.717) is 28.6 Å². The molecule has 0 bridgehead atoms. The van der Waals surface area contributed by atoms with E-state index in [1.165, 1.54) is 22.3 Å². The molecule has 0 unspecified atom stereocenters. The first-order valence-electron chi connectivity index (χ1n) is 26.1. The highest BCUT2D eigenvalue weighted by molar-refractivity contribution is 6.12. The van der Waals surface area contributed by atoms with Crippen molar-refractivity contribution in [2.75, 3.05) is 0 Å². The Balaban J connectivity index is 1.24. The normalized spacial score (nSPS) is 12.4. The molecule has 8 nitrogen and oxygen atoms in total. The molecule has 7 aromatic carbocycles. The van der Waals surface area contributed by atoms with E-state index in [0.717, 1.165) is 82.8 Å². The topological polar surface area (TPSA) is 109 Å². The van der Waals surface area contributed by atoms with Gasteiger partial charge in [0.1, 0.15) is 0 Å². The molecule has 76 heavy (non-hydrogen) atoms.